The zero-order valence-corrected chi connectivity index (χ0v) is 27.1. The summed E-state index contributed by atoms with van der Waals surface area (Å²) in [6.45, 7) is 10.3. The van der Waals surface area contributed by atoms with E-state index in [1.54, 1.807) is 39.0 Å². The summed E-state index contributed by atoms with van der Waals surface area (Å²) in [6.07, 6.45) is -0.472. The number of carbonyl (C=O) groups is 2. The highest BCUT2D eigenvalue weighted by atomic mass is 16.5. The first-order valence-electron chi connectivity index (χ1n) is 15.4. The van der Waals surface area contributed by atoms with Gasteiger partial charge in [0.05, 0.1) is 22.5 Å². The van der Waals surface area contributed by atoms with Gasteiger partial charge in [-0.3, -0.25) is 9.69 Å². The minimum Gasteiger partial charge on any atom is -0.478 e. The molecule has 8 heteroatoms. The highest BCUT2D eigenvalue weighted by Crippen LogP contribution is 2.42. The van der Waals surface area contributed by atoms with Crippen molar-refractivity contribution in [1.29, 1.82) is 0 Å². The summed E-state index contributed by atoms with van der Waals surface area (Å²) in [4.78, 5) is 42.8. The summed E-state index contributed by atoms with van der Waals surface area (Å²) in [5, 5.41) is 13.9. The van der Waals surface area contributed by atoms with Crippen molar-refractivity contribution >= 4 is 22.9 Å². The molecule has 46 heavy (non-hydrogen) atoms. The smallest absolute Gasteiger partial charge is 0.337 e. The SMILES string of the molecule is CC1=C(C(=O)O)C(c2cccc3c(=O)c(C)c(-c4ccccc4)oc23)C(C(=O)OC(CN(C)Cc2ccccc2)C(C)C)=C(C)N1. The number of nitrogens with zero attached hydrogens (tertiary/aromatic N) is 1. The average Bonchev–Trinajstić information content (AvgIpc) is 3.02. The number of carboxylic acids is 1. The molecule has 1 aliphatic rings. The maximum atomic E-state index is 14.2. The van der Waals surface area contributed by atoms with Crippen LogP contribution in [-0.4, -0.2) is 41.6 Å². The van der Waals surface area contributed by atoms with Gasteiger partial charge in [0.2, 0.25) is 0 Å². The molecule has 1 aromatic heterocycles. The van der Waals surface area contributed by atoms with E-state index in [1.165, 1.54) is 0 Å². The lowest BCUT2D eigenvalue weighted by Gasteiger charge is -2.32. The summed E-state index contributed by atoms with van der Waals surface area (Å²) in [6, 6.07) is 24.4. The fourth-order valence-electron chi connectivity index (χ4n) is 6.13. The van der Waals surface area contributed by atoms with E-state index in [1.807, 2.05) is 69.4 Å². The molecule has 0 fully saturated rings. The molecule has 1 aliphatic heterocycles. The second-order valence-corrected chi connectivity index (χ2v) is 12.3. The number of rotatable bonds is 10. The first-order chi connectivity index (χ1) is 22.0. The Morgan fingerprint density at radius 2 is 1.54 bits per heavy atom. The van der Waals surface area contributed by atoms with Gasteiger partial charge >= 0.3 is 11.9 Å². The average molecular weight is 621 g/mol. The van der Waals surface area contributed by atoms with Gasteiger partial charge in [-0.2, -0.15) is 0 Å². The van der Waals surface area contributed by atoms with Crippen molar-refractivity contribution in [3.63, 3.8) is 0 Å². The lowest BCUT2D eigenvalue weighted by molar-refractivity contribution is -0.147. The third-order valence-corrected chi connectivity index (χ3v) is 8.52. The third-order valence-electron chi connectivity index (χ3n) is 8.52. The van der Waals surface area contributed by atoms with Crippen LogP contribution >= 0.6 is 0 Å². The number of likely N-dealkylation sites (N-methyl/N-ethyl adjacent to an activating group) is 1. The van der Waals surface area contributed by atoms with E-state index in [2.05, 4.69) is 22.3 Å². The summed E-state index contributed by atoms with van der Waals surface area (Å²) in [5.74, 6) is -2.49. The summed E-state index contributed by atoms with van der Waals surface area (Å²) < 4.78 is 12.7. The number of dihydropyridines is 1. The number of para-hydroxylation sites is 1. The van der Waals surface area contributed by atoms with E-state index in [0.29, 0.717) is 46.8 Å². The lowest BCUT2D eigenvalue weighted by Crippen LogP contribution is -2.38. The molecule has 0 radical (unpaired) electrons. The van der Waals surface area contributed by atoms with Gasteiger partial charge in [-0.1, -0.05) is 86.6 Å². The zero-order valence-electron chi connectivity index (χ0n) is 27.1. The van der Waals surface area contributed by atoms with Gasteiger partial charge in [0.15, 0.2) is 5.43 Å². The monoisotopic (exact) mass is 620 g/mol. The van der Waals surface area contributed by atoms with Crippen LogP contribution in [0.25, 0.3) is 22.3 Å². The number of hydrogen-bond donors (Lipinski definition) is 2. The normalized spacial score (nSPS) is 15.8. The predicted octanol–water partition coefficient (Wildman–Crippen LogP) is 6.79. The van der Waals surface area contributed by atoms with Crippen LogP contribution in [0.1, 0.15) is 50.3 Å². The van der Waals surface area contributed by atoms with Gasteiger partial charge in [0, 0.05) is 41.2 Å². The number of carbonyl (C=O) groups excluding carboxylic acids is 1. The maximum absolute atomic E-state index is 14.2. The van der Waals surface area contributed by atoms with E-state index in [0.717, 1.165) is 11.1 Å². The Balaban J connectivity index is 1.59. The molecular weight excluding hydrogens is 580 g/mol. The number of esters is 1. The van der Waals surface area contributed by atoms with E-state index >= 15 is 0 Å². The number of nitrogens with one attached hydrogen (secondary N) is 1. The highest BCUT2D eigenvalue weighted by molar-refractivity contribution is 6.01. The third kappa shape index (κ3) is 6.53. The minimum absolute atomic E-state index is 0.0127. The molecule has 3 aromatic carbocycles. The number of carboxylic acid groups (broad SMARTS) is 1. The Labute approximate surface area is 269 Å². The standard InChI is InChI=1S/C38H40N2O6/c1-22(2)30(21-40(6)20-26-14-9-7-10-15-26)45-38(44)32-25(5)39-24(4)31(37(42)43)33(32)28-18-13-19-29-34(41)23(3)35(46-36(28)29)27-16-11-8-12-17-27/h7-19,22,30,33,39H,20-21H2,1-6H3,(H,42,43). The predicted molar refractivity (Wildman–Crippen MR) is 179 cm³/mol. The number of aliphatic carboxylic acids is 1. The molecule has 4 aromatic rings. The molecule has 0 saturated carbocycles. The molecule has 2 unspecified atom stereocenters. The van der Waals surface area contributed by atoms with E-state index in [-0.39, 0.29) is 28.1 Å². The molecule has 0 amide bonds. The quantitative estimate of drug-likeness (QED) is 0.187. The van der Waals surface area contributed by atoms with Crippen molar-refractivity contribution < 1.29 is 23.8 Å². The van der Waals surface area contributed by atoms with Gasteiger partial charge in [0.1, 0.15) is 17.4 Å². The highest BCUT2D eigenvalue weighted by Gasteiger charge is 2.40. The van der Waals surface area contributed by atoms with Gasteiger partial charge < -0.3 is 19.6 Å². The topological polar surface area (TPSA) is 109 Å². The van der Waals surface area contributed by atoms with Crippen molar-refractivity contribution in [3.05, 3.63) is 128 Å². The van der Waals surface area contributed by atoms with Crippen LogP contribution in [0.2, 0.25) is 0 Å². The van der Waals surface area contributed by atoms with Crippen molar-refractivity contribution in [3.8, 4) is 11.3 Å². The number of fused-ring (bicyclic) bond motifs is 1. The first-order valence-corrected chi connectivity index (χ1v) is 15.4. The van der Waals surface area contributed by atoms with E-state index < -0.39 is 24.0 Å². The van der Waals surface area contributed by atoms with Crippen LogP contribution in [0.4, 0.5) is 0 Å². The van der Waals surface area contributed by atoms with Crippen LogP contribution in [0.3, 0.4) is 0 Å². The molecule has 0 bridgehead atoms. The lowest BCUT2D eigenvalue weighted by atomic mass is 9.79. The summed E-state index contributed by atoms with van der Waals surface area (Å²) in [5.41, 5.74) is 3.73. The summed E-state index contributed by atoms with van der Waals surface area (Å²) in [7, 11) is 1.98. The maximum Gasteiger partial charge on any atom is 0.337 e. The first kappa shape index (κ1) is 32.4. The van der Waals surface area contributed by atoms with Gasteiger partial charge in [0.25, 0.3) is 0 Å². The second-order valence-electron chi connectivity index (χ2n) is 12.3. The Hall–Kier alpha value is -4.95. The summed E-state index contributed by atoms with van der Waals surface area (Å²) >= 11 is 0. The van der Waals surface area contributed by atoms with E-state index in [9.17, 15) is 19.5 Å². The van der Waals surface area contributed by atoms with Gasteiger partial charge in [-0.05, 0) is 45.4 Å². The molecule has 2 heterocycles. The number of allylic oxidation sites excluding steroid dienone is 2. The molecule has 0 saturated heterocycles. The van der Waals surface area contributed by atoms with Crippen LogP contribution in [-0.2, 0) is 20.9 Å². The fraction of sp³-hybridized carbons (Fsp3) is 0.289. The Morgan fingerprint density at radius 1 is 0.913 bits per heavy atom. The Bertz CT molecular complexity index is 1890. The Kier molecular flexibility index (Phi) is 9.58. The van der Waals surface area contributed by atoms with E-state index in [4.69, 9.17) is 9.15 Å². The molecule has 238 valence electrons. The largest absolute Gasteiger partial charge is 0.478 e. The molecular formula is C38H40N2O6. The number of ether oxygens (including phenoxy) is 1. The van der Waals surface area contributed by atoms with Crippen LogP contribution in [0.15, 0.2) is 111 Å². The van der Waals surface area contributed by atoms with Crippen LogP contribution < -0.4 is 10.7 Å². The molecule has 0 spiro atoms. The fourth-order valence-corrected chi connectivity index (χ4v) is 6.13. The number of hydrogen-bond acceptors (Lipinski definition) is 7. The van der Waals surface area contributed by atoms with Crippen LogP contribution in [0, 0.1) is 12.8 Å². The van der Waals surface area contributed by atoms with Crippen molar-refractivity contribution in [2.45, 2.75) is 53.2 Å². The second kappa shape index (κ2) is 13.6. The van der Waals surface area contributed by atoms with Crippen molar-refractivity contribution in [1.82, 2.24) is 10.2 Å². The van der Waals surface area contributed by atoms with Gasteiger partial charge in [-0.25, -0.2) is 9.59 Å². The molecule has 0 aliphatic carbocycles. The Morgan fingerprint density at radius 3 is 2.17 bits per heavy atom. The zero-order chi connectivity index (χ0) is 33.1. The van der Waals surface area contributed by atoms with Crippen molar-refractivity contribution in [2.24, 2.45) is 5.92 Å². The van der Waals surface area contributed by atoms with Crippen LogP contribution in [0.5, 0.6) is 0 Å². The number of benzene rings is 3. The molecule has 2 atom stereocenters. The van der Waals surface area contributed by atoms with Crippen molar-refractivity contribution in [2.75, 3.05) is 13.6 Å². The van der Waals surface area contributed by atoms with Gasteiger partial charge in [-0.15, -0.1) is 0 Å². The molecule has 5 rings (SSSR count). The molecule has 8 nitrogen and oxygen atoms in total. The minimum atomic E-state index is -1.19. The molecule has 2 N–H and O–H groups in total.